The van der Waals surface area contributed by atoms with Crippen LogP contribution in [0.15, 0.2) is 78.0 Å². The monoisotopic (exact) mass is 484 g/mol. The molecule has 1 amide bonds. The van der Waals surface area contributed by atoms with E-state index in [4.69, 9.17) is 0 Å². The first kappa shape index (κ1) is 24.5. The quantitative estimate of drug-likeness (QED) is 0.451. The molecular formula is C24H24N2O5S2. The van der Waals surface area contributed by atoms with Gasteiger partial charge < -0.3 is 10.4 Å². The number of thioether (sulfide) groups is 1. The second-order valence-corrected chi connectivity index (χ2v) is 10.3. The Morgan fingerprint density at radius 3 is 2.48 bits per heavy atom. The third-order valence-corrected chi connectivity index (χ3v) is 7.29. The summed E-state index contributed by atoms with van der Waals surface area (Å²) in [6.45, 7) is 0. The van der Waals surface area contributed by atoms with E-state index in [0.717, 1.165) is 5.56 Å². The molecule has 0 spiro atoms. The molecule has 3 aromatic rings. The van der Waals surface area contributed by atoms with E-state index in [1.807, 2.05) is 36.6 Å². The van der Waals surface area contributed by atoms with Gasteiger partial charge in [0.1, 0.15) is 6.04 Å². The summed E-state index contributed by atoms with van der Waals surface area (Å²) in [6.07, 6.45) is 4.97. The van der Waals surface area contributed by atoms with Crippen molar-refractivity contribution in [2.75, 3.05) is 12.0 Å². The molecule has 0 aliphatic carbocycles. The maximum absolute atomic E-state index is 13.0. The maximum atomic E-state index is 13.0. The van der Waals surface area contributed by atoms with E-state index in [9.17, 15) is 23.1 Å². The van der Waals surface area contributed by atoms with Gasteiger partial charge in [0.15, 0.2) is 9.84 Å². The van der Waals surface area contributed by atoms with Gasteiger partial charge in [-0.05, 0) is 59.4 Å². The summed E-state index contributed by atoms with van der Waals surface area (Å²) in [4.78, 5) is 28.6. The highest BCUT2D eigenvalue weighted by atomic mass is 32.2. The number of nitrogens with one attached hydrogen (secondary N) is 1. The summed E-state index contributed by atoms with van der Waals surface area (Å²) in [5.41, 5.74) is 2.03. The summed E-state index contributed by atoms with van der Waals surface area (Å²) < 4.78 is 25.6. The topological polar surface area (TPSA) is 113 Å². The Morgan fingerprint density at radius 1 is 1.09 bits per heavy atom. The standard InChI is InChI=1S/C24H24N2O5S2/c1-32-13-11-22(24(28)29)26-23(27)20-10-9-17(14-21(20)18-6-3-2-4-7-18)16-33(30,31)19-8-5-12-25-15-19/h2-10,12,14-15,22H,11,13,16H2,1H3,(H,26,27)(H,28,29). The summed E-state index contributed by atoms with van der Waals surface area (Å²) >= 11 is 1.50. The van der Waals surface area contributed by atoms with Gasteiger partial charge in [0.2, 0.25) is 0 Å². The van der Waals surface area contributed by atoms with E-state index in [-0.39, 0.29) is 16.2 Å². The zero-order valence-electron chi connectivity index (χ0n) is 18.0. The smallest absolute Gasteiger partial charge is 0.326 e. The van der Waals surface area contributed by atoms with Crippen molar-refractivity contribution in [3.63, 3.8) is 0 Å². The van der Waals surface area contributed by atoms with Crippen molar-refractivity contribution in [2.45, 2.75) is 23.1 Å². The molecular weight excluding hydrogens is 460 g/mol. The zero-order chi connectivity index (χ0) is 23.8. The molecule has 3 rings (SSSR count). The molecule has 172 valence electrons. The van der Waals surface area contributed by atoms with Crippen LogP contribution >= 0.6 is 11.8 Å². The van der Waals surface area contributed by atoms with Crippen molar-refractivity contribution in [1.82, 2.24) is 10.3 Å². The van der Waals surface area contributed by atoms with Crippen LogP contribution in [-0.4, -0.2) is 48.4 Å². The van der Waals surface area contributed by atoms with Crippen LogP contribution in [0.3, 0.4) is 0 Å². The van der Waals surface area contributed by atoms with Crippen LogP contribution in [0.4, 0.5) is 0 Å². The molecule has 1 aromatic heterocycles. The lowest BCUT2D eigenvalue weighted by Crippen LogP contribution is -2.41. The predicted octanol–water partition coefficient (Wildman–Crippen LogP) is 3.66. The van der Waals surface area contributed by atoms with Gasteiger partial charge in [-0.1, -0.05) is 36.4 Å². The van der Waals surface area contributed by atoms with Crippen LogP contribution in [0.25, 0.3) is 11.1 Å². The van der Waals surface area contributed by atoms with Crippen molar-refractivity contribution in [3.8, 4) is 11.1 Å². The number of sulfone groups is 1. The van der Waals surface area contributed by atoms with Gasteiger partial charge in [0, 0.05) is 18.0 Å². The fourth-order valence-electron chi connectivity index (χ4n) is 3.30. The number of aliphatic carboxylic acids is 1. The second-order valence-electron chi connectivity index (χ2n) is 7.34. The first-order chi connectivity index (χ1) is 15.8. The lowest BCUT2D eigenvalue weighted by Gasteiger charge is -2.17. The molecule has 1 atom stereocenters. The Kier molecular flexibility index (Phi) is 8.24. The van der Waals surface area contributed by atoms with Crippen molar-refractivity contribution < 1.29 is 23.1 Å². The average molecular weight is 485 g/mol. The Hall–Kier alpha value is -3.17. The van der Waals surface area contributed by atoms with Gasteiger partial charge in [0.25, 0.3) is 5.91 Å². The highest BCUT2D eigenvalue weighted by Gasteiger charge is 2.23. The fourth-order valence-corrected chi connectivity index (χ4v) is 5.06. The largest absolute Gasteiger partial charge is 0.480 e. The molecule has 0 bridgehead atoms. The number of hydrogen-bond acceptors (Lipinski definition) is 6. The van der Waals surface area contributed by atoms with E-state index < -0.39 is 27.8 Å². The number of benzene rings is 2. The molecule has 0 saturated carbocycles. The summed E-state index contributed by atoms with van der Waals surface area (Å²) in [5.74, 6) is -1.29. The van der Waals surface area contributed by atoms with Crippen LogP contribution in [0, 0.1) is 0 Å². The number of nitrogens with zero attached hydrogens (tertiary/aromatic N) is 1. The number of carbonyl (C=O) groups is 2. The second kappa shape index (κ2) is 11.1. The SMILES string of the molecule is CSCCC(NC(=O)c1ccc(CS(=O)(=O)c2cccnc2)cc1-c1ccccc1)C(=O)O. The first-order valence-electron chi connectivity index (χ1n) is 10.2. The lowest BCUT2D eigenvalue weighted by atomic mass is 9.97. The maximum Gasteiger partial charge on any atom is 0.326 e. The Labute approximate surface area is 197 Å². The van der Waals surface area contributed by atoms with E-state index >= 15 is 0 Å². The number of aromatic nitrogens is 1. The molecule has 7 nitrogen and oxygen atoms in total. The van der Waals surface area contributed by atoms with Crippen molar-refractivity contribution in [3.05, 3.63) is 84.2 Å². The fraction of sp³-hybridized carbons (Fsp3) is 0.208. The van der Waals surface area contributed by atoms with E-state index in [0.29, 0.717) is 23.3 Å². The van der Waals surface area contributed by atoms with Gasteiger partial charge >= 0.3 is 5.97 Å². The molecule has 0 radical (unpaired) electrons. The number of rotatable bonds is 10. The molecule has 0 fully saturated rings. The van der Waals surface area contributed by atoms with Gasteiger partial charge in [-0.2, -0.15) is 11.8 Å². The average Bonchev–Trinajstić information content (AvgIpc) is 2.82. The molecule has 9 heteroatoms. The molecule has 1 unspecified atom stereocenters. The van der Waals surface area contributed by atoms with E-state index in [1.165, 1.54) is 30.2 Å². The highest BCUT2D eigenvalue weighted by molar-refractivity contribution is 7.98. The van der Waals surface area contributed by atoms with E-state index in [1.54, 1.807) is 24.3 Å². The van der Waals surface area contributed by atoms with Crippen LogP contribution in [0.2, 0.25) is 0 Å². The zero-order valence-corrected chi connectivity index (χ0v) is 19.6. The first-order valence-corrected chi connectivity index (χ1v) is 13.2. The van der Waals surface area contributed by atoms with Gasteiger partial charge in [0.05, 0.1) is 10.6 Å². The summed E-state index contributed by atoms with van der Waals surface area (Å²) in [7, 11) is -3.63. The number of pyridine rings is 1. The van der Waals surface area contributed by atoms with Gasteiger partial charge in [-0.25, -0.2) is 13.2 Å². The highest BCUT2D eigenvalue weighted by Crippen LogP contribution is 2.27. The Bertz CT molecular complexity index is 1220. The molecule has 0 saturated heterocycles. The molecule has 0 aliphatic heterocycles. The summed E-state index contributed by atoms with van der Waals surface area (Å²) in [5, 5.41) is 12.1. The van der Waals surface area contributed by atoms with Crippen LogP contribution in [0.5, 0.6) is 0 Å². The van der Waals surface area contributed by atoms with Crippen LogP contribution in [-0.2, 0) is 20.4 Å². The number of carboxylic acids is 1. The minimum Gasteiger partial charge on any atom is -0.480 e. The van der Waals surface area contributed by atoms with Gasteiger partial charge in [-0.15, -0.1) is 0 Å². The lowest BCUT2D eigenvalue weighted by molar-refractivity contribution is -0.139. The molecule has 2 aromatic carbocycles. The third-order valence-electron chi connectivity index (χ3n) is 4.98. The third kappa shape index (κ3) is 6.43. The van der Waals surface area contributed by atoms with Crippen LogP contribution < -0.4 is 5.32 Å². The Balaban J connectivity index is 1.96. The van der Waals surface area contributed by atoms with Gasteiger partial charge in [-0.3, -0.25) is 9.78 Å². The number of hydrogen-bond donors (Lipinski definition) is 2. The molecule has 2 N–H and O–H groups in total. The van der Waals surface area contributed by atoms with Crippen molar-refractivity contribution >= 4 is 33.5 Å². The number of carbonyl (C=O) groups excluding carboxylic acids is 1. The number of amides is 1. The predicted molar refractivity (Wildman–Crippen MR) is 129 cm³/mol. The van der Waals surface area contributed by atoms with Crippen molar-refractivity contribution in [1.29, 1.82) is 0 Å². The number of carboxylic acid groups (broad SMARTS) is 1. The summed E-state index contributed by atoms with van der Waals surface area (Å²) in [6, 6.07) is 15.9. The van der Waals surface area contributed by atoms with Crippen molar-refractivity contribution in [2.24, 2.45) is 0 Å². The minimum atomic E-state index is -3.63. The molecule has 1 heterocycles. The molecule has 0 aliphatic rings. The van der Waals surface area contributed by atoms with Crippen LogP contribution in [0.1, 0.15) is 22.3 Å². The van der Waals surface area contributed by atoms with E-state index in [2.05, 4.69) is 10.3 Å². The normalized spacial score (nSPS) is 12.2. The Morgan fingerprint density at radius 2 is 1.85 bits per heavy atom. The minimum absolute atomic E-state index is 0.117. The molecule has 33 heavy (non-hydrogen) atoms.